The first-order chi connectivity index (χ1) is 8.61. The predicted molar refractivity (Wildman–Crippen MR) is 76.9 cm³/mol. The second kappa shape index (κ2) is 11.7. The molecule has 3 nitrogen and oxygen atoms in total. The average molecular weight is 257 g/mol. The zero-order valence-corrected chi connectivity index (χ0v) is 12.7. The molecule has 0 aromatic heterocycles. The molecule has 3 heteroatoms. The van der Waals surface area contributed by atoms with Crippen LogP contribution in [0.2, 0.25) is 0 Å². The van der Waals surface area contributed by atoms with Gasteiger partial charge in [0.2, 0.25) is 0 Å². The van der Waals surface area contributed by atoms with Crippen LogP contribution in [0.1, 0.15) is 52.9 Å². The Bertz CT molecular complexity index is 207. The van der Waals surface area contributed by atoms with Gasteiger partial charge < -0.3 is 9.64 Å². The van der Waals surface area contributed by atoms with Gasteiger partial charge in [-0.15, -0.1) is 0 Å². The molecule has 0 aromatic rings. The summed E-state index contributed by atoms with van der Waals surface area (Å²) in [7, 11) is 2.14. The van der Waals surface area contributed by atoms with E-state index in [1.807, 2.05) is 6.92 Å². The number of rotatable bonds is 12. The van der Waals surface area contributed by atoms with E-state index in [2.05, 4.69) is 25.8 Å². The quantitative estimate of drug-likeness (QED) is 0.503. The molecule has 0 fully saturated rings. The number of carbonyl (C=O) groups is 1. The standard InChI is InChI=1S/C15H31NO2/c1-5-10-14(3)15(17)13-18-12-9-7-8-11-16(4)6-2/h14H,5-13H2,1-4H3. The molecule has 0 radical (unpaired) electrons. The first-order valence-corrected chi connectivity index (χ1v) is 7.40. The Kier molecular flexibility index (Phi) is 11.4. The van der Waals surface area contributed by atoms with E-state index in [4.69, 9.17) is 4.74 Å². The summed E-state index contributed by atoms with van der Waals surface area (Å²) in [5, 5.41) is 0. The molecule has 0 aromatic carbocycles. The molecular weight excluding hydrogens is 226 g/mol. The first-order valence-electron chi connectivity index (χ1n) is 7.40. The van der Waals surface area contributed by atoms with Crippen molar-refractivity contribution in [3.8, 4) is 0 Å². The highest BCUT2D eigenvalue weighted by atomic mass is 16.5. The molecule has 108 valence electrons. The Morgan fingerprint density at radius 2 is 1.94 bits per heavy atom. The van der Waals surface area contributed by atoms with Gasteiger partial charge in [-0.05, 0) is 45.8 Å². The van der Waals surface area contributed by atoms with Crippen LogP contribution in [0.5, 0.6) is 0 Å². The van der Waals surface area contributed by atoms with E-state index in [-0.39, 0.29) is 11.7 Å². The number of carbonyl (C=O) groups excluding carboxylic acids is 1. The summed E-state index contributed by atoms with van der Waals surface area (Å²) in [5.74, 6) is 0.413. The Hall–Kier alpha value is -0.410. The molecule has 1 unspecified atom stereocenters. The topological polar surface area (TPSA) is 29.5 Å². The molecule has 0 aliphatic rings. The van der Waals surface area contributed by atoms with Gasteiger partial charge in [-0.25, -0.2) is 0 Å². The Morgan fingerprint density at radius 3 is 2.56 bits per heavy atom. The van der Waals surface area contributed by atoms with Crippen molar-refractivity contribution in [2.45, 2.75) is 52.9 Å². The molecular formula is C15H31NO2. The van der Waals surface area contributed by atoms with Gasteiger partial charge in [-0.2, -0.15) is 0 Å². The van der Waals surface area contributed by atoms with Gasteiger partial charge in [-0.1, -0.05) is 27.2 Å². The van der Waals surface area contributed by atoms with Crippen molar-refractivity contribution in [1.29, 1.82) is 0 Å². The number of unbranched alkanes of at least 4 members (excludes halogenated alkanes) is 2. The van der Waals surface area contributed by atoms with Crippen molar-refractivity contribution in [2.24, 2.45) is 5.92 Å². The zero-order chi connectivity index (χ0) is 13.8. The SMILES string of the molecule is CCCC(C)C(=O)COCCCCCN(C)CC. The van der Waals surface area contributed by atoms with Gasteiger partial charge >= 0.3 is 0 Å². The summed E-state index contributed by atoms with van der Waals surface area (Å²) in [6.45, 7) is 9.57. The fourth-order valence-corrected chi connectivity index (χ4v) is 1.83. The highest BCUT2D eigenvalue weighted by Crippen LogP contribution is 2.06. The monoisotopic (exact) mass is 257 g/mol. The van der Waals surface area contributed by atoms with E-state index in [1.54, 1.807) is 0 Å². The molecule has 0 saturated carbocycles. The Morgan fingerprint density at radius 1 is 1.22 bits per heavy atom. The first kappa shape index (κ1) is 17.6. The zero-order valence-electron chi connectivity index (χ0n) is 12.7. The summed E-state index contributed by atoms with van der Waals surface area (Å²) in [6.07, 6.45) is 5.51. The van der Waals surface area contributed by atoms with E-state index in [9.17, 15) is 4.79 Å². The highest BCUT2D eigenvalue weighted by molar-refractivity contribution is 5.81. The lowest BCUT2D eigenvalue weighted by Gasteiger charge is -2.13. The summed E-state index contributed by atoms with van der Waals surface area (Å²) >= 11 is 0. The predicted octanol–water partition coefficient (Wildman–Crippen LogP) is 3.13. The second-order valence-corrected chi connectivity index (χ2v) is 5.17. The maximum absolute atomic E-state index is 11.6. The van der Waals surface area contributed by atoms with Crippen molar-refractivity contribution < 1.29 is 9.53 Å². The van der Waals surface area contributed by atoms with Crippen LogP contribution in [-0.2, 0) is 9.53 Å². The summed E-state index contributed by atoms with van der Waals surface area (Å²) in [5.41, 5.74) is 0. The van der Waals surface area contributed by atoms with E-state index in [0.717, 1.165) is 39.0 Å². The summed E-state index contributed by atoms with van der Waals surface area (Å²) < 4.78 is 5.43. The van der Waals surface area contributed by atoms with Crippen LogP contribution < -0.4 is 0 Å². The van der Waals surface area contributed by atoms with Crippen molar-refractivity contribution in [3.63, 3.8) is 0 Å². The molecule has 0 bridgehead atoms. The minimum absolute atomic E-state index is 0.160. The van der Waals surface area contributed by atoms with Crippen molar-refractivity contribution in [1.82, 2.24) is 4.90 Å². The second-order valence-electron chi connectivity index (χ2n) is 5.17. The van der Waals surface area contributed by atoms with Gasteiger partial charge in [0.05, 0.1) is 0 Å². The lowest BCUT2D eigenvalue weighted by molar-refractivity contribution is -0.127. The summed E-state index contributed by atoms with van der Waals surface area (Å²) in [6, 6.07) is 0. The van der Waals surface area contributed by atoms with E-state index < -0.39 is 0 Å². The van der Waals surface area contributed by atoms with Crippen LogP contribution in [0.15, 0.2) is 0 Å². The highest BCUT2D eigenvalue weighted by Gasteiger charge is 2.11. The van der Waals surface area contributed by atoms with Gasteiger partial charge in [0.15, 0.2) is 5.78 Å². The smallest absolute Gasteiger partial charge is 0.161 e. The number of hydrogen-bond acceptors (Lipinski definition) is 3. The molecule has 0 amide bonds. The molecule has 0 rings (SSSR count). The fraction of sp³-hybridized carbons (Fsp3) is 0.933. The molecule has 0 aliphatic heterocycles. The van der Waals surface area contributed by atoms with Crippen LogP contribution in [0.4, 0.5) is 0 Å². The average Bonchev–Trinajstić information content (AvgIpc) is 2.37. The molecule has 0 heterocycles. The maximum Gasteiger partial charge on any atom is 0.161 e. The van der Waals surface area contributed by atoms with Crippen LogP contribution in [0.25, 0.3) is 0 Å². The number of nitrogens with zero attached hydrogens (tertiary/aromatic N) is 1. The molecule has 1 atom stereocenters. The lowest BCUT2D eigenvalue weighted by Crippen LogP contribution is -2.19. The van der Waals surface area contributed by atoms with Gasteiger partial charge in [0.25, 0.3) is 0 Å². The number of hydrogen-bond donors (Lipinski definition) is 0. The summed E-state index contributed by atoms with van der Waals surface area (Å²) in [4.78, 5) is 13.9. The third-order valence-electron chi connectivity index (χ3n) is 3.38. The third kappa shape index (κ3) is 9.60. The van der Waals surface area contributed by atoms with Crippen LogP contribution >= 0.6 is 0 Å². The van der Waals surface area contributed by atoms with Crippen LogP contribution in [0, 0.1) is 5.92 Å². The maximum atomic E-state index is 11.6. The third-order valence-corrected chi connectivity index (χ3v) is 3.38. The van der Waals surface area contributed by atoms with Gasteiger partial charge in [0.1, 0.15) is 6.61 Å². The van der Waals surface area contributed by atoms with E-state index >= 15 is 0 Å². The molecule has 0 spiro atoms. The van der Waals surface area contributed by atoms with Gasteiger partial charge in [-0.3, -0.25) is 4.79 Å². The van der Waals surface area contributed by atoms with E-state index in [1.165, 1.54) is 12.8 Å². The normalized spacial score (nSPS) is 12.9. The van der Waals surface area contributed by atoms with Crippen molar-refractivity contribution in [2.75, 3.05) is 33.4 Å². The van der Waals surface area contributed by atoms with Crippen LogP contribution in [0.3, 0.4) is 0 Å². The number of Topliss-reactive ketones (excluding diaryl/α,β-unsaturated/α-hetero) is 1. The largest absolute Gasteiger partial charge is 0.374 e. The van der Waals surface area contributed by atoms with Crippen molar-refractivity contribution in [3.05, 3.63) is 0 Å². The molecule has 0 saturated heterocycles. The molecule has 0 N–H and O–H groups in total. The number of ether oxygens (including phenoxy) is 1. The minimum atomic E-state index is 0.160. The lowest BCUT2D eigenvalue weighted by atomic mass is 10.0. The Labute approximate surface area is 113 Å². The van der Waals surface area contributed by atoms with Crippen molar-refractivity contribution >= 4 is 5.78 Å². The Balaban J connectivity index is 3.32. The fourth-order valence-electron chi connectivity index (χ4n) is 1.83. The molecule has 0 aliphatic carbocycles. The van der Waals surface area contributed by atoms with Crippen LogP contribution in [-0.4, -0.2) is 44.0 Å². The number of ketones is 1. The minimum Gasteiger partial charge on any atom is -0.374 e. The van der Waals surface area contributed by atoms with E-state index in [0.29, 0.717) is 6.61 Å². The molecule has 18 heavy (non-hydrogen) atoms. The van der Waals surface area contributed by atoms with Gasteiger partial charge in [0, 0.05) is 12.5 Å².